The van der Waals surface area contributed by atoms with Crippen molar-refractivity contribution >= 4 is 17.6 Å². The molecule has 2 rings (SSSR count). The van der Waals surface area contributed by atoms with Gasteiger partial charge in [0.15, 0.2) is 0 Å². The van der Waals surface area contributed by atoms with Crippen molar-refractivity contribution in [2.75, 3.05) is 5.32 Å². The summed E-state index contributed by atoms with van der Waals surface area (Å²) in [5.74, 6) is -0.322. The molecule has 1 aliphatic carbocycles. The molecule has 1 aliphatic rings. The Morgan fingerprint density at radius 2 is 1.65 bits per heavy atom. The summed E-state index contributed by atoms with van der Waals surface area (Å²) < 4.78 is 0. The number of anilines is 1. The highest BCUT2D eigenvalue weighted by molar-refractivity contribution is 5.98. The van der Waals surface area contributed by atoms with Crippen LogP contribution in [0.4, 0.5) is 10.5 Å². The summed E-state index contributed by atoms with van der Waals surface area (Å²) in [6.45, 7) is 5.78. The molecule has 0 saturated heterocycles. The van der Waals surface area contributed by atoms with Gasteiger partial charge >= 0.3 is 6.03 Å². The Labute approximate surface area is 138 Å². The minimum absolute atomic E-state index is 0.194. The molecule has 0 radical (unpaired) electrons. The molecule has 5 nitrogen and oxygen atoms in total. The lowest BCUT2D eigenvalue weighted by molar-refractivity contribution is -0.120. The molecule has 0 spiro atoms. The number of nitrogens with one attached hydrogen (secondary N) is 3. The lowest BCUT2D eigenvalue weighted by atomic mass is 9.96. The van der Waals surface area contributed by atoms with Crippen LogP contribution in [0.3, 0.4) is 0 Å². The molecule has 1 unspecified atom stereocenters. The van der Waals surface area contributed by atoms with E-state index in [1.54, 1.807) is 6.92 Å². The maximum Gasteiger partial charge on any atom is 0.321 e. The van der Waals surface area contributed by atoms with E-state index in [-0.39, 0.29) is 11.9 Å². The second-order valence-corrected chi connectivity index (χ2v) is 6.54. The molecule has 0 aliphatic heterocycles. The summed E-state index contributed by atoms with van der Waals surface area (Å²) in [6.07, 6.45) is 5.51. The first-order valence-corrected chi connectivity index (χ1v) is 8.40. The van der Waals surface area contributed by atoms with E-state index in [4.69, 9.17) is 0 Å². The van der Waals surface area contributed by atoms with Gasteiger partial charge in [0.05, 0.1) is 0 Å². The van der Waals surface area contributed by atoms with Crippen LogP contribution in [0.2, 0.25) is 0 Å². The second-order valence-electron chi connectivity index (χ2n) is 6.54. The van der Waals surface area contributed by atoms with Gasteiger partial charge in [0.2, 0.25) is 5.91 Å². The Morgan fingerprint density at radius 1 is 1.04 bits per heavy atom. The van der Waals surface area contributed by atoms with Crippen LogP contribution in [0.5, 0.6) is 0 Å². The van der Waals surface area contributed by atoms with Crippen LogP contribution >= 0.6 is 0 Å². The van der Waals surface area contributed by atoms with Gasteiger partial charge in [-0.25, -0.2) is 4.79 Å². The molecule has 3 amide bonds. The Bertz CT molecular complexity index is 545. The summed E-state index contributed by atoms with van der Waals surface area (Å²) in [5, 5.41) is 8.45. The molecule has 126 valence electrons. The average molecular weight is 317 g/mol. The van der Waals surface area contributed by atoms with Crippen LogP contribution in [0, 0.1) is 13.8 Å². The van der Waals surface area contributed by atoms with Crippen molar-refractivity contribution in [3.8, 4) is 0 Å². The van der Waals surface area contributed by atoms with Crippen LogP contribution < -0.4 is 16.0 Å². The summed E-state index contributed by atoms with van der Waals surface area (Å²) in [4.78, 5) is 24.1. The van der Waals surface area contributed by atoms with Gasteiger partial charge in [0.1, 0.15) is 6.04 Å². The molecule has 1 aromatic carbocycles. The number of benzene rings is 1. The van der Waals surface area contributed by atoms with E-state index in [2.05, 4.69) is 22.0 Å². The fourth-order valence-electron chi connectivity index (χ4n) is 3.06. The lowest BCUT2D eigenvalue weighted by Crippen LogP contribution is -2.49. The molecule has 1 saturated carbocycles. The second kappa shape index (κ2) is 7.99. The van der Waals surface area contributed by atoms with E-state index in [0.29, 0.717) is 0 Å². The molecule has 1 atom stereocenters. The van der Waals surface area contributed by atoms with Gasteiger partial charge in [-0.2, -0.15) is 0 Å². The largest absolute Gasteiger partial charge is 0.374 e. The van der Waals surface area contributed by atoms with Gasteiger partial charge in [0.25, 0.3) is 0 Å². The third-order valence-electron chi connectivity index (χ3n) is 4.18. The summed E-state index contributed by atoms with van der Waals surface area (Å²) in [7, 11) is 0. The quantitative estimate of drug-likeness (QED) is 0.798. The monoisotopic (exact) mass is 317 g/mol. The van der Waals surface area contributed by atoms with E-state index >= 15 is 0 Å². The Morgan fingerprint density at radius 3 is 2.26 bits per heavy atom. The lowest BCUT2D eigenvalue weighted by Gasteiger charge is -2.23. The predicted octanol–water partition coefficient (Wildman–Crippen LogP) is 3.26. The number of hydrogen-bond acceptors (Lipinski definition) is 3. The third-order valence-corrected chi connectivity index (χ3v) is 4.18. The number of carbonyl (C=O) groups excluding carboxylic acids is 2. The highest BCUT2D eigenvalue weighted by atomic mass is 16.2. The molecule has 1 aromatic rings. The molecule has 23 heavy (non-hydrogen) atoms. The first kappa shape index (κ1) is 17.3. The van der Waals surface area contributed by atoms with Crippen molar-refractivity contribution < 1.29 is 9.59 Å². The van der Waals surface area contributed by atoms with Gasteiger partial charge in [-0.05, 0) is 56.9 Å². The van der Waals surface area contributed by atoms with E-state index in [1.807, 2.05) is 26.0 Å². The van der Waals surface area contributed by atoms with Gasteiger partial charge in [-0.15, -0.1) is 0 Å². The van der Waals surface area contributed by atoms with Gasteiger partial charge < -0.3 is 10.6 Å². The van der Waals surface area contributed by atoms with Gasteiger partial charge in [0, 0.05) is 11.7 Å². The Hall–Kier alpha value is -2.04. The van der Waals surface area contributed by atoms with Crippen molar-refractivity contribution in [3.05, 3.63) is 29.3 Å². The first-order chi connectivity index (χ1) is 10.9. The molecule has 0 aromatic heterocycles. The van der Waals surface area contributed by atoms with Crippen LogP contribution in [-0.4, -0.2) is 24.0 Å². The number of carbonyl (C=O) groups is 2. The summed E-state index contributed by atoms with van der Waals surface area (Å²) in [5.41, 5.74) is 3.16. The summed E-state index contributed by atoms with van der Waals surface area (Å²) in [6, 6.07) is 5.37. The zero-order valence-electron chi connectivity index (χ0n) is 14.2. The molecule has 0 bridgehead atoms. The first-order valence-electron chi connectivity index (χ1n) is 8.40. The van der Waals surface area contributed by atoms with Gasteiger partial charge in [-0.1, -0.05) is 25.3 Å². The van der Waals surface area contributed by atoms with E-state index < -0.39 is 12.1 Å². The fourth-order valence-corrected chi connectivity index (χ4v) is 3.06. The topological polar surface area (TPSA) is 70.2 Å². The molecule has 5 heteroatoms. The zero-order valence-corrected chi connectivity index (χ0v) is 14.2. The maximum absolute atomic E-state index is 12.1. The number of imide groups is 1. The third kappa shape index (κ3) is 5.58. The van der Waals surface area contributed by atoms with Crippen molar-refractivity contribution in [3.63, 3.8) is 0 Å². The van der Waals surface area contributed by atoms with E-state index in [0.717, 1.165) is 42.5 Å². The van der Waals surface area contributed by atoms with Gasteiger partial charge in [-0.3, -0.25) is 10.1 Å². The van der Waals surface area contributed by atoms with Crippen molar-refractivity contribution in [1.82, 2.24) is 10.6 Å². The smallest absolute Gasteiger partial charge is 0.321 e. The van der Waals surface area contributed by atoms with Crippen molar-refractivity contribution in [2.45, 2.75) is 65.0 Å². The van der Waals surface area contributed by atoms with Crippen LogP contribution in [0.15, 0.2) is 18.2 Å². The van der Waals surface area contributed by atoms with Crippen molar-refractivity contribution in [1.29, 1.82) is 0 Å². The van der Waals surface area contributed by atoms with Crippen LogP contribution in [0.25, 0.3) is 0 Å². The number of rotatable bonds is 4. The van der Waals surface area contributed by atoms with Crippen molar-refractivity contribution in [2.24, 2.45) is 0 Å². The highest BCUT2D eigenvalue weighted by Crippen LogP contribution is 2.17. The number of urea groups is 1. The predicted molar refractivity (Wildman–Crippen MR) is 92.5 cm³/mol. The fraction of sp³-hybridized carbons (Fsp3) is 0.556. The van der Waals surface area contributed by atoms with E-state index in [1.165, 1.54) is 6.42 Å². The minimum Gasteiger partial charge on any atom is -0.374 e. The van der Waals surface area contributed by atoms with E-state index in [9.17, 15) is 9.59 Å². The number of amides is 3. The average Bonchev–Trinajstić information content (AvgIpc) is 2.46. The highest BCUT2D eigenvalue weighted by Gasteiger charge is 2.19. The summed E-state index contributed by atoms with van der Waals surface area (Å²) >= 11 is 0. The molecule has 3 N–H and O–H groups in total. The molecule has 0 heterocycles. The number of aryl methyl sites for hydroxylation is 2. The Balaban J connectivity index is 1.82. The SMILES string of the molecule is Cc1cc(C)cc(NC(C)C(=O)NC(=O)NC2CCCCC2)c1. The standard InChI is InChI=1S/C18H27N3O2/c1-12-9-13(2)11-16(10-12)19-14(3)17(22)21-18(23)20-15-7-5-4-6-8-15/h9-11,14-15,19H,4-8H2,1-3H3,(H2,20,21,22,23). The molecule has 1 fully saturated rings. The van der Waals surface area contributed by atoms with Crippen LogP contribution in [-0.2, 0) is 4.79 Å². The minimum atomic E-state index is -0.478. The normalized spacial score (nSPS) is 16.5. The molecular weight excluding hydrogens is 290 g/mol. The maximum atomic E-state index is 12.1. The Kier molecular flexibility index (Phi) is 6.02. The molecular formula is C18H27N3O2. The van der Waals surface area contributed by atoms with Crippen LogP contribution in [0.1, 0.15) is 50.2 Å². The zero-order chi connectivity index (χ0) is 16.8. The number of hydrogen-bond donors (Lipinski definition) is 3.